The number of nitrogens with two attached hydrogens (primary N) is 1. The van der Waals surface area contributed by atoms with Gasteiger partial charge in [-0.2, -0.15) is 0 Å². The molecule has 0 aromatic heterocycles. The van der Waals surface area contributed by atoms with Crippen LogP contribution in [0, 0.1) is 5.92 Å². The molecular weight excluding hydrogens is 268 g/mol. The Bertz CT molecular complexity index is 548. The van der Waals surface area contributed by atoms with Crippen molar-refractivity contribution in [1.29, 1.82) is 0 Å². The van der Waals surface area contributed by atoms with E-state index in [2.05, 4.69) is 4.72 Å². The van der Waals surface area contributed by atoms with E-state index in [4.69, 9.17) is 10.5 Å². The first kappa shape index (κ1) is 14.0. The number of sulfonamides is 1. The Kier molecular flexibility index (Phi) is 4.18. The molecule has 0 aliphatic carbocycles. The summed E-state index contributed by atoms with van der Waals surface area (Å²) in [6.45, 7) is 1.63. The summed E-state index contributed by atoms with van der Waals surface area (Å²) in [6.07, 6.45) is 0.864. The van der Waals surface area contributed by atoms with Crippen molar-refractivity contribution in [3.63, 3.8) is 0 Å². The van der Waals surface area contributed by atoms with Gasteiger partial charge in [0.1, 0.15) is 0 Å². The third kappa shape index (κ3) is 3.52. The highest BCUT2D eigenvalue weighted by molar-refractivity contribution is 7.89. The van der Waals surface area contributed by atoms with Gasteiger partial charge in [-0.25, -0.2) is 13.1 Å². The van der Waals surface area contributed by atoms with E-state index in [-0.39, 0.29) is 16.4 Å². The lowest BCUT2D eigenvalue weighted by Crippen LogP contribution is -2.29. The Morgan fingerprint density at radius 2 is 2.05 bits per heavy atom. The van der Waals surface area contributed by atoms with Crippen molar-refractivity contribution in [3.8, 4) is 0 Å². The molecule has 1 aromatic carbocycles. The standard InChI is InChI=1S/C12H16N2O4S/c13-12(15)10-1-3-11(4-2-10)19(16,17)14-7-9-5-6-18-8-9/h1-4,9,14H,5-8H2,(H2,13,15)/t9-/m1/s1. The van der Waals surface area contributed by atoms with Crippen LogP contribution < -0.4 is 10.5 Å². The average molecular weight is 284 g/mol. The lowest BCUT2D eigenvalue weighted by molar-refractivity contribution is 0.1000. The van der Waals surface area contributed by atoms with Crippen LogP contribution in [-0.4, -0.2) is 34.1 Å². The van der Waals surface area contributed by atoms with Crippen LogP contribution >= 0.6 is 0 Å². The van der Waals surface area contributed by atoms with Gasteiger partial charge in [0, 0.05) is 18.7 Å². The summed E-state index contributed by atoms with van der Waals surface area (Å²) in [5.74, 6) is -0.361. The number of rotatable bonds is 5. The minimum atomic E-state index is -3.55. The van der Waals surface area contributed by atoms with Gasteiger partial charge in [-0.3, -0.25) is 4.79 Å². The van der Waals surface area contributed by atoms with E-state index < -0.39 is 15.9 Å². The van der Waals surface area contributed by atoms with Gasteiger partial charge in [0.25, 0.3) is 0 Å². The highest BCUT2D eigenvalue weighted by atomic mass is 32.2. The van der Waals surface area contributed by atoms with Crippen LogP contribution in [0.25, 0.3) is 0 Å². The lowest BCUT2D eigenvalue weighted by Gasteiger charge is -2.10. The van der Waals surface area contributed by atoms with Gasteiger partial charge in [0.05, 0.1) is 11.5 Å². The predicted octanol–water partition coefficient (Wildman–Crippen LogP) is 0.100. The monoisotopic (exact) mass is 284 g/mol. The van der Waals surface area contributed by atoms with Crippen LogP contribution in [0.1, 0.15) is 16.8 Å². The van der Waals surface area contributed by atoms with Crippen LogP contribution in [0.5, 0.6) is 0 Å². The predicted molar refractivity (Wildman–Crippen MR) is 69.1 cm³/mol. The Hall–Kier alpha value is -1.44. The van der Waals surface area contributed by atoms with Crippen molar-refractivity contribution in [2.24, 2.45) is 11.7 Å². The second-order valence-electron chi connectivity index (χ2n) is 4.47. The third-order valence-electron chi connectivity index (χ3n) is 3.04. The van der Waals surface area contributed by atoms with Gasteiger partial charge in [-0.1, -0.05) is 0 Å². The molecule has 1 amide bonds. The average Bonchev–Trinajstić information content (AvgIpc) is 2.90. The molecule has 19 heavy (non-hydrogen) atoms. The summed E-state index contributed by atoms with van der Waals surface area (Å²) in [4.78, 5) is 11.0. The Morgan fingerprint density at radius 1 is 1.37 bits per heavy atom. The molecule has 1 aliphatic heterocycles. The smallest absolute Gasteiger partial charge is 0.248 e. The molecule has 1 atom stereocenters. The molecule has 1 heterocycles. The van der Waals surface area contributed by atoms with E-state index >= 15 is 0 Å². The maximum absolute atomic E-state index is 12.0. The second-order valence-corrected chi connectivity index (χ2v) is 6.24. The van der Waals surface area contributed by atoms with E-state index in [1.54, 1.807) is 0 Å². The first-order valence-corrected chi connectivity index (χ1v) is 7.44. The molecule has 0 unspecified atom stereocenters. The molecule has 3 N–H and O–H groups in total. The van der Waals surface area contributed by atoms with E-state index in [1.807, 2.05) is 0 Å². The normalized spacial score (nSPS) is 19.5. The van der Waals surface area contributed by atoms with Gasteiger partial charge < -0.3 is 10.5 Å². The Labute approximate surface area is 112 Å². The fraction of sp³-hybridized carbons (Fsp3) is 0.417. The third-order valence-corrected chi connectivity index (χ3v) is 4.47. The number of benzene rings is 1. The van der Waals surface area contributed by atoms with Gasteiger partial charge in [-0.15, -0.1) is 0 Å². The minimum Gasteiger partial charge on any atom is -0.381 e. The van der Waals surface area contributed by atoms with Crippen molar-refractivity contribution in [2.45, 2.75) is 11.3 Å². The summed E-state index contributed by atoms with van der Waals surface area (Å²) in [5.41, 5.74) is 5.38. The van der Waals surface area contributed by atoms with Gasteiger partial charge in [0.2, 0.25) is 15.9 Å². The zero-order chi connectivity index (χ0) is 13.9. The number of carbonyl (C=O) groups is 1. The number of hydrogen-bond acceptors (Lipinski definition) is 4. The van der Waals surface area contributed by atoms with Gasteiger partial charge in [0.15, 0.2) is 0 Å². The summed E-state index contributed by atoms with van der Waals surface area (Å²) in [6, 6.07) is 5.53. The molecule has 0 saturated carbocycles. The molecule has 6 nitrogen and oxygen atoms in total. The molecule has 0 radical (unpaired) electrons. The summed E-state index contributed by atoms with van der Waals surface area (Å²) >= 11 is 0. The zero-order valence-corrected chi connectivity index (χ0v) is 11.2. The number of primary amides is 1. The minimum absolute atomic E-state index is 0.122. The van der Waals surface area contributed by atoms with Crippen LogP contribution in [-0.2, 0) is 14.8 Å². The van der Waals surface area contributed by atoms with Crippen LogP contribution in [0.4, 0.5) is 0 Å². The molecule has 0 spiro atoms. The zero-order valence-electron chi connectivity index (χ0n) is 10.3. The fourth-order valence-corrected chi connectivity index (χ4v) is 2.97. The molecule has 1 aromatic rings. The molecule has 7 heteroatoms. The van der Waals surface area contributed by atoms with Gasteiger partial charge >= 0.3 is 0 Å². The van der Waals surface area contributed by atoms with Gasteiger partial charge in [-0.05, 0) is 36.6 Å². The first-order chi connectivity index (χ1) is 8.99. The van der Waals surface area contributed by atoms with Crippen molar-refractivity contribution < 1.29 is 17.9 Å². The maximum Gasteiger partial charge on any atom is 0.248 e. The molecule has 2 rings (SSSR count). The Balaban J connectivity index is 2.03. The van der Waals surface area contributed by atoms with Crippen molar-refractivity contribution in [2.75, 3.05) is 19.8 Å². The number of ether oxygens (including phenoxy) is 1. The van der Waals surface area contributed by atoms with E-state index in [1.165, 1.54) is 24.3 Å². The lowest BCUT2D eigenvalue weighted by atomic mass is 10.1. The SMILES string of the molecule is NC(=O)c1ccc(S(=O)(=O)NC[C@H]2CCOC2)cc1. The molecular formula is C12H16N2O4S. The quantitative estimate of drug-likeness (QED) is 0.801. The van der Waals surface area contributed by atoms with E-state index in [9.17, 15) is 13.2 Å². The maximum atomic E-state index is 12.0. The summed E-state index contributed by atoms with van der Waals surface area (Å²) in [5, 5.41) is 0. The fourth-order valence-electron chi connectivity index (χ4n) is 1.85. The van der Waals surface area contributed by atoms with Crippen molar-refractivity contribution in [3.05, 3.63) is 29.8 Å². The van der Waals surface area contributed by atoms with Crippen LogP contribution in [0.3, 0.4) is 0 Å². The highest BCUT2D eigenvalue weighted by Crippen LogP contribution is 2.14. The van der Waals surface area contributed by atoms with E-state index in [0.29, 0.717) is 19.8 Å². The van der Waals surface area contributed by atoms with Crippen LogP contribution in [0.15, 0.2) is 29.2 Å². The molecule has 1 fully saturated rings. The number of carbonyl (C=O) groups excluding carboxylic acids is 1. The second kappa shape index (κ2) is 5.68. The first-order valence-electron chi connectivity index (χ1n) is 5.96. The van der Waals surface area contributed by atoms with Crippen molar-refractivity contribution in [1.82, 2.24) is 4.72 Å². The van der Waals surface area contributed by atoms with E-state index in [0.717, 1.165) is 6.42 Å². The number of amides is 1. The number of nitrogens with one attached hydrogen (secondary N) is 1. The molecule has 0 bridgehead atoms. The summed E-state index contributed by atoms with van der Waals surface area (Å²) < 4.78 is 31.7. The highest BCUT2D eigenvalue weighted by Gasteiger charge is 2.20. The molecule has 1 saturated heterocycles. The van der Waals surface area contributed by atoms with Crippen LogP contribution in [0.2, 0.25) is 0 Å². The number of hydrogen-bond donors (Lipinski definition) is 2. The largest absolute Gasteiger partial charge is 0.381 e. The van der Waals surface area contributed by atoms with Crippen molar-refractivity contribution >= 4 is 15.9 Å². The topological polar surface area (TPSA) is 98.5 Å². The summed E-state index contributed by atoms with van der Waals surface area (Å²) in [7, 11) is -3.55. The Morgan fingerprint density at radius 3 is 2.58 bits per heavy atom. The molecule has 104 valence electrons. The molecule has 1 aliphatic rings.